The number of carboxylic acids is 1. The van der Waals surface area contributed by atoms with Crippen molar-refractivity contribution in [3.63, 3.8) is 0 Å². The largest absolute Gasteiger partial charge is 0.479 e. The molecule has 1 fully saturated rings. The van der Waals surface area contributed by atoms with Crippen LogP contribution in [0.15, 0.2) is 12.4 Å². The molecule has 0 aromatic carbocycles. The van der Waals surface area contributed by atoms with Gasteiger partial charge in [0.2, 0.25) is 5.91 Å². The first-order valence-corrected chi connectivity index (χ1v) is 6.17. The van der Waals surface area contributed by atoms with Crippen LogP contribution in [-0.4, -0.2) is 50.7 Å². The maximum Gasteiger partial charge on any atom is 0.332 e. The molecule has 1 amide bonds. The summed E-state index contributed by atoms with van der Waals surface area (Å²) in [6, 6.07) is 0. The standard InChI is InChI=1S/C11H16N4O4/c16-10(8-2-3-9(19-8)11(17)18)12-4-1-6-15-7-5-13-14-15/h5,7-9H,1-4,6H2,(H,12,16)(H,17,18)/t8-,9+/m0/s1. The molecule has 1 aromatic rings. The number of carbonyl (C=O) groups excluding carboxylic acids is 1. The minimum atomic E-state index is -1.01. The third-order valence-corrected chi connectivity index (χ3v) is 2.92. The Balaban J connectivity index is 1.63. The number of rotatable bonds is 6. The summed E-state index contributed by atoms with van der Waals surface area (Å²) in [5, 5.41) is 19.0. The van der Waals surface area contributed by atoms with Crippen LogP contribution in [0.1, 0.15) is 19.3 Å². The minimum Gasteiger partial charge on any atom is -0.479 e. The van der Waals surface area contributed by atoms with Crippen molar-refractivity contribution in [3.05, 3.63) is 12.4 Å². The summed E-state index contributed by atoms with van der Waals surface area (Å²) in [5.41, 5.74) is 0. The van der Waals surface area contributed by atoms with Gasteiger partial charge in [-0.2, -0.15) is 0 Å². The molecule has 19 heavy (non-hydrogen) atoms. The van der Waals surface area contributed by atoms with Crippen molar-refractivity contribution in [2.45, 2.75) is 38.0 Å². The lowest BCUT2D eigenvalue weighted by molar-refractivity contribution is -0.151. The van der Waals surface area contributed by atoms with Crippen molar-refractivity contribution in [1.29, 1.82) is 0 Å². The van der Waals surface area contributed by atoms with Gasteiger partial charge in [-0.1, -0.05) is 5.21 Å². The van der Waals surface area contributed by atoms with E-state index in [1.807, 2.05) is 0 Å². The van der Waals surface area contributed by atoms with Gasteiger partial charge in [0.1, 0.15) is 6.10 Å². The smallest absolute Gasteiger partial charge is 0.332 e. The van der Waals surface area contributed by atoms with Crippen LogP contribution in [0.2, 0.25) is 0 Å². The molecule has 2 N–H and O–H groups in total. The molecule has 104 valence electrons. The SMILES string of the molecule is O=C(NCCCn1ccnn1)[C@@H]1CC[C@H](C(=O)O)O1. The molecule has 1 saturated heterocycles. The predicted octanol–water partition coefficient (Wildman–Crippen LogP) is -0.583. The number of aliphatic carboxylic acids is 1. The Bertz CT molecular complexity index is 434. The van der Waals surface area contributed by atoms with E-state index in [0.717, 1.165) is 6.42 Å². The van der Waals surface area contributed by atoms with Crippen molar-refractivity contribution >= 4 is 11.9 Å². The fraction of sp³-hybridized carbons (Fsp3) is 0.636. The van der Waals surface area contributed by atoms with Gasteiger partial charge in [-0.3, -0.25) is 9.48 Å². The van der Waals surface area contributed by atoms with Gasteiger partial charge < -0.3 is 15.2 Å². The number of ether oxygens (including phenoxy) is 1. The van der Waals surface area contributed by atoms with Gasteiger partial charge in [0.25, 0.3) is 0 Å². The van der Waals surface area contributed by atoms with E-state index < -0.39 is 18.2 Å². The van der Waals surface area contributed by atoms with E-state index in [1.165, 1.54) is 0 Å². The zero-order valence-electron chi connectivity index (χ0n) is 10.4. The lowest BCUT2D eigenvalue weighted by Crippen LogP contribution is -2.36. The highest BCUT2D eigenvalue weighted by molar-refractivity contribution is 5.82. The second-order valence-corrected chi connectivity index (χ2v) is 4.34. The Kier molecular flexibility index (Phi) is 4.45. The van der Waals surface area contributed by atoms with E-state index in [9.17, 15) is 9.59 Å². The van der Waals surface area contributed by atoms with Crippen molar-refractivity contribution in [1.82, 2.24) is 20.3 Å². The molecular formula is C11H16N4O4. The maximum atomic E-state index is 11.7. The van der Waals surface area contributed by atoms with Crippen LogP contribution in [0.25, 0.3) is 0 Å². The summed E-state index contributed by atoms with van der Waals surface area (Å²) < 4.78 is 6.83. The normalized spacial score (nSPS) is 22.3. The first-order chi connectivity index (χ1) is 9.16. The number of aryl methyl sites for hydroxylation is 1. The Morgan fingerprint density at radius 3 is 2.84 bits per heavy atom. The van der Waals surface area contributed by atoms with Crippen LogP contribution < -0.4 is 5.32 Å². The van der Waals surface area contributed by atoms with Gasteiger partial charge in [-0.25, -0.2) is 4.79 Å². The Morgan fingerprint density at radius 2 is 2.21 bits per heavy atom. The number of nitrogens with zero attached hydrogens (tertiary/aromatic N) is 3. The van der Waals surface area contributed by atoms with Gasteiger partial charge in [0, 0.05) is 19.3 Å². The second-order valence-electron chi connectivity index (χ2n) is 4.34. The van der Waals surface area contributed by atoms with Crippen LogP contribution in [-0.2, 0) is 20.9 Å². The Morgan fingerprint density at radius 1 is 1.42 bits per heavy atom. The monoisotopic (exact) mass is 268 g/mol. The molecule has 2 rings (SSSR count). The molecule has 0 aliphatic carbocycles. The van der Waals surface area contributed by atoms with Crippen LogP contribution >= 0.6 is 0 Å². The van der Waals surface area contributed by atoms with Crippen LogP contribution in [0.3, 0.4) is 0 Å². The van der Waals surface area contributed by atoms with E-state index >= 15 is 0 Å². The van der Waals surface area contributed by atoms with Crippen LogP contribution in [0.5, 0.6) is 0 Å². The number of carbonyl (C=O) groups is 2. The summed E-state index contributed by atoms with van der Waals surface area (Å²) in [7, 11) is 0. The average molecular weight is 268 g/mol. The molecule has 1 aliphatic heterocycles. The lowest BCUT2D eigenvalue weighted by Gasteiger charge is -2.11. The zero-order valence-corrected chi connectivity index (χ0v) is 10.4. The number of nitrogens with one attached hydrogen (secondary N) is 1. The third kappa shape index (κ3) is 3.75. The molecule has 2 heterocycles. The van der Waals surface area contributed by atoms with Crippen LogP contribution in [0, 0.1) is 0 Å². The summed E-state index contributed by atoms with van der Waals surface area (Å²) in [5.74, 6) is -1.26. The Hall–Kier alpha value is -1.96. The van der Waals surface area contributed by atoms with E-state index in [1.54, 1.807) is 17.1 Å². The van der Waals surface area contributed by atoms with E-state index in [4.69, 9.17) is 9.84 Å². The number of aromatic nitrogens is 3. The van der Waals surface area contributed by atoms with Crippen molar-refractivity contribution in [2.75, 3.05) is 6.54 Å². The molecule has 1 aromatic heterocycles. The number of hydrogen-bond acceptors (Lipinski definition) is 5. The first-order valence-electron chi connectivity index (χ1n) is 6.17. The topological polar surface area (TPSA) is 106 Å². The lowest BCUT2D eigenvalue weighted by atomic mass is 10.2. The van der Waals surface area contributed by atoms with Gasteiger partial charge >= 0.3 is 5.97 Å². The number of carboxylic acid groups (broad SMARTS) is 1. The average Bonchev–Trinajstić information content (AvgIpc) is 3.05. The summed E-state index contributed by atoms with van der Waals surface area (Å²) >= 11 is 0. The molecule has 8 heteroatoms. The molecule has 0 saturated carbocycles. The van der Waals surface area contributed by atoms with E-state index in [-0.39, 0.29) is 5.91 Å². The highest BCUT2D eigenvalue weighted by atomic mass is 16.5. The Labute approximate surface area is 109 Å². The predicted molar refractivity (Wildman–Crippen MR) is 63.2 cm³/mol. The van der Waals surface area contributed by atoms with Gasteiger partial charge in [-0.05, 0) is 19.3 Å². The van der Waals surface area contributed by atoms with Crippen molar-refractivity contribution < 1.29 is 19.4 Å². The minimum absolute atomic E-state index is 0.248. The molecule has 8 nitrogen and oxygen atoms in total. The number of amides is 1. The van der Waals surface area contributed by atoms with Gasteiger partial charge in [-0.15, -0.1) is 5.10 Å². The summed E-state index contributed by atoms with van der Waals surface area (Å²) in [6.45, 7) is 1.17. The fourth-order valence-electron chi connectivity index (χ4n) is 1.93. The van der Waals surface area contributed by atoms with Gasteiger partial charge in [0.15, 0.2) is 6.10 Å². The van der Waals surface area contributed by atoms with Crippen molar-refractivity contribution in [2.24, 2.45) is 0 Å². The maximum absolute atomic E-state index is 11.7. The number of hydrogen-bond donors (Lipinski definition) is 2. The van der Waals surface area contributed by atoms with E-state index in [2.05, 4.69) is 15.6 Å². The quantitative estimate of drug-likeness (QED) is 0.668. The van der Waals surface area contributed by atoms with Crippen LogP contribution in [0.4, 0.5) is 0 Å². The highest BCUT2D eigenvalue weighted by Crippen LogP contribution is 2.19. The van der Waals surface area contributed by atoms with Crippen molar-refractivity contribution in [3.8, 4) is 0 Å². The third-order valence-electron chi connectivity index (χ3n) is 2.92. The molecule has 1 aliphatic rings. The highest BCUT2D eigenvalue weighted by Gasteiger charge is 2.34. The molecule has 2 atom stereocenters. The molecule has 0 spiro atoms. The first kappa shape index (κ1) is 13.5. The fourth-order valence-corrected chi connectivity index (χ4v) is 1.93. The molecular weight excluding hydrogens is 252 g/mol. The summed E-state index contributed by atoms with van der Waals surface area (Å²) in [4.78, 5) is 22.4. The van der Waals surface area contributed by atoms with Gasteiger partial charge in [0.05, 0.1) is 6.20 Å². The van der Waals surface area contributed by atoms with E-state index in [0.29, 0.717) is 25.9 Å². The second kappa shape index (κ2) is 6.28. The molecule has 0 unspecified atom stereocenters. The molecule has 0 bridgehead atoms. The molecule has 0 radical (unpaired) electrons. The summed E-state index contributed by atoms with van der Waals surface area (Å²) in [6.07, 6.45) is 3.40. The zero-order chi connectivity index (χ0) is 13.7.